The number of esters is 1. The first kappa shape index (κ1) is 20.7. The topological polar surface area (TPSA) is 94.8 Å². The molecule has 0 saturated heterocycles. The second-order valence-corrected chi connectivity index (χ2v) is 6.63. The first-order chi connectivity index (χ1) is 13.9. The molecule has 0 bridgehead atoms. The summed E-state index contributed by atoms with van der Waals surface area (Å²) >= 11 is 12.0. The second kappa shape index (κ2) is 8.98. The van der Waals surface area contributed by atoms with E-state index in [1.54, 1.807) is 25.1 Å². The van der Waals surface area contributed by atoms with Crippen LogP contribution in [0.1, 0.15) is 22.8 Å². The first-order valence-electron chi connectivity index (χ1n) is 8.50. The summed E-state index contributed by atoms with van der Waals surface area (Å²) in [5, 5.41) is 3.38. The normalized spacial score (nSPS) is 10.6. The Hall–Kier alpha value is -3.03. The Balaban J connectivity index is 1.85. The molecule has 1 heterocycles. The summed E-state index contributed by atoms with van der Waals surface area (Å²) in [6, 6.07) is 10.6. The third kappa shape index (κ3) is 4.88. The van der Waals surface area contributed by atoms with Crippen molar-refractivity contribution in [2.45, 2.75) is 13.5 Å². The highest BCUT2D eigenvalue weighted by Crippen LogP contribution is 2.26. The van der Waals surface area contributed by atoms with Crippen molar-refractivity contribution in [1.82, 2.24) is 0 Å². The molecular formula is C20H15Cl2NO6. The maximum atomic E-state index is 12.4. The fourth-order valence-corrected chi connectivity index (χ4v) is 3.17. The van der Waals surface area contributed by atoms with Gasteiger partial charge in [0.05, 0.1) is 22.2 Å². The number of nitrogens with one attached hydrogen (secondary N) is 1. The highest BCUT2D eigenvalue weighted by Gasteiger charge is 2.17. The van der Waals surface area contributed by atoms with Crippen molar-refractivity contribution in [3.8, 4) is 0 Å². The van der Waals surface area contributed by atoms with Crippen LogP contribution < -0.4 is 10.9 Å². The number of halogens is 2. The van der Waals surface area contributed by atoms with Crippen LogP contribution in [0.4, 0.5) is 10.5 Å². The van der Waals surface area contributed by atoms with E-state index in [1.165, 1.54) is 24.3 Å². The van der Waals surface area contributed by atoms with Gasteiger partial charge < -0.3 is 13.9 Å². The van der Waals surface area contributed by atoms with Crippen molar-refractivity contribution >= 4 is 51.9 Å². The Bertz CT molecular complexity index is 1120. The van der Waals surface area contributed by atoms with E-state index in [1.807, 2.05) is 0 Å². The molecule has 0 aliphatic rings. The van der Waals surface area contributed by atoms with E-state index in [0.29, 0.717) is 16.6 Å². The number of ether oxygens (including phenoxy) is 2. The summed E-state index contributed by atoms with van der Waals surface area (Å²) in [5.41, 5.74) is 0.441. The zero-order valence-electron chi connectivity index (χ0n) is 15.2. The van der Waals surface area contributed by atoms with Crippen LogP contribution in [0.25, 0.3) is 11.0 Å². The van der Waals surface area contributed by atoms with Crippen LogP contribution in [0.15, 0.2) is 51.7 Å². The second-order valence-electron chi connectivity index (χ2n) is 5.82. The van der Waals surface area contributed by atoms with Crippen molar-refractivity contribution < 1.29 is 23.5 Å². The summed E-state index contributed by atoms with van der Waals surface area (Å²) in [6.45, 7) is 1.70. The smallest absolute Gasteiger partial charge is 0.411 e. The summed E-state index contributed by atoms with van der Waals surface area (Å²) in [6.07, 6.45) is -0.629. The van der Waals surface area contributed by atoms with Crippen molar-refractivity contribution in [2.75, 3.05) is 11.9 Å². The quantitative estimate of drug-likeness (QED) is 0.446. The van der Waals surface area contributed by atoms with Gasteiger partial charge in [0.1, 0.15) is 12.2 Å². The Labute approximate surface area is 175 Å². The molecule has 0 aliphatic carbocycles. The molecule has 0 unspecified atom stereocenters. The number of hydrogen-bond acceptors (Lipinski definition) is 6. The largest absolute Gasteiger partial charge is 0.457 e. The highest BCUT2D eigenvalue weighted by molar-refractivity contribution is 6.39. The SMILES string of the molecule is CCOC(=O)Nc1ccc2c(COC(=O)c3c(Cl)cccc3Cl)cc(=O)oc2c1. The molecule has 1 N–H and O–H groups in total. The van der Waals surface area contributed by atoms with Crippen LogP contribution in [-0.2, 0) is 16.1 Å². The standard InChI is InChI=1S/C20H15Cl2NO6/c1-2-27-20(26)23-12-6-7-13-11(8-17(24)29-16(13)9-12)10-28-19(25)18-14(21)4-3-5-15(18)22/h3-9H,2,10H2,1H3,(H,23,26). The summed E-state index contributed by atoms with van der Waals surface area (Å²) in [4.78, 5) is 35.8. The molecule has 7 nitrogen and oxygen atoms in total. The maximum absolute atomic E-state index is 12.4. The van der Waals surface area contributed by atoms with Gasteiger partial charge in [0.15, 0.2) is 0 Å². The number of amides is 1. The molecule has 1 amide bonds. The van der Waals surface area contributed by atoms with Crippen LogP contribution in [0.2, 0.25) is 10.0 Å². The van der Waals surface area contributed by atoms with E-state index in [4.69, 9.17) is 37.1 Å². The lowest BCUT2D eigenvalue weighted by Crippen LogP contribution is -2.13. The Morgan fingerprint density at radius 2 is 1.79 bits per heavy atom. The van der Waals surface area contributed by atoms with E-state index in [-0.39, 0.29) is 34.4 Å². The van der Waals surface area contributed by atoms with Crippen LogP contribution in [0, 0.1) is 0 Å². The Kier molecular flexibility index (Phi) is 6.41. The lowest BCUT2D eigenvalue weighted by Gasteiger charge is -2.10. The van der Waals surface area contributed by atoms with Crippen LogP contribution >= 0.6 is 23.2 Å². The number of benzene rings is 2. The van der Waals surface area contributed by atoms with Gasteiger partial charge in [0.2, 0.25) is 0 Å². The minimum atomic E-state index is -0.720. The predicted molar refractivity (Wildman–Crippen MR) is 109 cm³/mol. The molecule has 0 spiro atoms. The lowest BCUT2D eigenvalue weighted by molar-refractivity contribution is 0.0474. The molecule has 1 aromatic heterocycles. The molecule has 0 saturated carbocycles. The number of hydrogen-bond donors (Lipinski definition) is 1. The van der Waals surface area contributed by atoms with Crippen LogP contribution in [-0.4, -0.2) is 18.7 Å². The average Bonchev–Trinajstić information content (AvgIpc) is 2.65. The molecule has 0 radical (unpaired) electrons. The first-order valence-corrected chi connectivity index (χ1v) is 9.26. The van der Waals surface area contributed by atoms with E-state index < -0.39 is 17.7 Å². The van der Waals surface area contributed by atoms with Gasteiger partial charge in [-0.1, -0.05) is 29.3 Å². The van der Waals surface area contributed by atoms with Crippen molar-refractivity contribution in [1.29, 1.82) is 0 Å². The maximum Gasteiger partial charge on any atom is 0.411 e. The monoisotopic (exact) mass is 435 g/mol. The van der Waals surface area contributed by atoms with Gasteiger partial charge in [0.25, 0.3) is 0 Å². The zero-order valence-corrected chi connectivity index (χ0v) is 16.7. The average molecular weight is 436 g/mol. The minimum absolute atomic E-state index is 0.0454. The van der Waals surface area contributed by atoms with Gasteiger partial charge in [-0.2, -0.15) is 0 Å². The van der Waals surface area contributed by atoms with Gasteiger partial charge in [-0.3, -0.25) is 5.32 Å². The molecule has 150 valence electrons. The van der Waals surface area contributed by atoms with Gasteiger partial charge in [-0.25, -0.2) is 14.4 Å². The van der Waals surface area contributed by atoms with Gasteiger partial charge >= 0.3 is 17.7 Å². The summed E-state index contributed by atoms with van der Waals surface area (Å²) in [7, 11) is 0. The number of carbonyl (C=O) groups excluding carboxylic acids is 2. The molecule has 2 aromatic carbocycles. The molecule has 0 aliphatic heterocycles. The Morgan fingerprint density at radius 1 is 1.07 bits per heavy atom. The fourth-order valence-electron chi connectivity index (χ4n) is 2.62. The zero-order chi connectivity index (χ0) is 21.0. The summed E-state index contributed by atoms with van der Waals surface area (Å²) < 4.78 is 15.3. The molecule has 0 atom stereocenters. The lowest BCUT2D eigenvalue weighted by atomic mass is 10.1. The number of rotatable bonds is 5. The van der Waals surface area contributed by atoms with E-state index in [0.717, 1.165) is 0 Å². The van der Waals surface area contributed by atoms with E-state index >= 15 is 0 Å². The van der Waals surface area contributed by atoms with E-state index in [9.17, 15) is 14.4 Å². The van der Waals surface area contributed by atoms with Gasteiger partial charge in [-0.15, -0.1) is 0 Å². The molecule has 3 rings (SSSR count). The number of anilines is 1. The molecule has 3 aromatic rings. The highest BCUT2D eigenvalue weighted by atomic mass is 35.5. The Morgan fingerprint density at radius 3 is 2.48 bits per heavy atom. The van der Waals surface area contributed by atoms with Crippen molar-refractivity contribution in [3.63, 3.8) is 0 Å². The van der Waals surface area contributed by atoms with Crippen molar-refractivity contribution in [3.05, 3.63) is 74.1 Å². The predicted octanol–water partition coefficient (Wildman–Crippen LogP) is 5.03. The molecule has 9 heteroatoms. The number of carbonyl (C=O) groups is 2. The summed E-state index contributed by atoms with van der Waals surface area (Å²) in [5.74, 6) is -0.720. The van der Waals surface area contributed by atoms with Gasteiger partial charge in [-0.05, 0) is 31.2 Å². The van der Waals surface area contributed by atoms with Crippen LogP contribution in [0.3, 0.4) is 0 Å². The third-order valence-electron chi connectivity index (χ3n) is 3.88. The van der Waals surface area contributed by atoms with Crippen LogP contribution in [0.5, 0.6) is 0 Å². The number of fused-ring (bicyclic) bond motifs is 1. The van der Waals surface area contributed by atoms with Crippen molar-refractivity contribution in [2.24, 2.45) is 0 Å². The molecular weight excluding hydrogens is 421 g/mol. The molecule has 29 heavy (non-hydrogen) atoms. The minimum Gasteiger partial charge on any atom is -0.457 e. The van der Waals surface area contributed by atoms with E-state index in [2.05, 4.69) is 5.32 Å². The fraction of sp³-hybridized carbons (Fsp3) is 0.150. The molecule has 0 fully saturated rings. The third-order valence-corrected chi connectivity index (χ3v) is 4.51. The van der Waals surface area contributed by atoms with Gasteiger partial charge in [0, 0.05) is 28.8 Å².